The molecular weight excluding hydrogens is 421 g/mol. The van der Waals surface area contributed by atoms with Gasteiger partial charge in [-0.25, -0.2) is 12.8 Å². The molecule has 168 valence electrons. The minimum Gasteiger partial charge on any atom is -0.464 e. The molecule has 0 N–H and O–H groups in total. The third kappa shape index (κ3) is 5.34. The molecule has 1 amide bonds. The van der Waals surface area contributed by atoms with E-state index in [2.05, 4.69) is 0 Å². The van der Waals surface area contributed by atoms with Gasteiger partial charge < -0.3 is 9.32 Å². The summed E-state index contributed by atoms with van der Waals surface area (Å²) in [6.45, 7) is 4.42. The maximum Gasteiger partial charge on any atom is 0.243 e. The van der Waals surface area contributed by atoms with E-state index in [0.29, 0.717) is 39.1 Å². The van der Waals surface area contributed by atoms with Crippen molar-refractivity contribution in [3.8, 4) is 0 Å². The number of aryl methyl sites for hydroxylation is 1. The molecule has 1 aromatic heterocycles. The van der Waals surface area contributed by atoms with Gasteiger partial charge in [-0.15, -0.1) is 0 Å². The number of halogens is 1. The maximum atomic E-state index is 13.2. The fourth-order valence-electron chi connectivity index (χ4n) is 3.93. The number of carbonyl (C=O) groups excluding carboxylic acids is 1. The summed E-state index contributed by atoms with van der Waals surface area (Å²) in [5.74, 6) is 1.19. The first kappa shape index (κ1) is 22.0. The monoisotopic (exact) mass is 449 g/mol. The Morgan fingerprint density at radius 2 is 1.84 bits per heavy atom. The normalized spacial score (nSPS) is 18.6. The van der Waals surface area contributed by atoms with E-state index >= 15 is 0 Å². The van der Waals surface area contributed by atoms with Gasteiger partial charge in [-0.3, -0.25) is 9.69 Å². The summed E-state index contributed by atoms with van der Waals surface area (Å²) in [6, 6.07) is 8.96. The topological polar surface area (TPSA) is 74.1 Å². The second-order valence-corrected chi connectivity index (χ2v) is 10.2. The fraction of sp³-hybridized carbons (Fsp3) is 0.500. The molecule has 7 nitrogen and oxygen atoms in total. The molecule has 9 heteroatoms. The lowest BCUT2D eigenvalue weighted by Crippen LogP contribution is -2.42. The van der Waals surface area contributed by atoms with Crippen LogP contribution < -0.4 is 0 Å². The molecular formula is C22H28FN3O4S. The zero-order valence-corrected chi connectivity index (χ0v) is 18.5. The number of carbonyl (C=O) groups is 1. The average Bonchev–Trinajstić information content (AvgIpc) is 3.52. The van der Waals surface area contributed by atoms with Crippen LogP contribution in [0.2, 0.25) is 0 Å². The number of benzene rings is 1. The van der Waals surface area contributed by atoms with Crippen molar-refractivity contribution in [2.75, 3.05) is 32.7 Å². The van der Waals surface area contributed by atoms with Gasteiger partial charge in [0, 0.05) is 25.7 Å². The minimum atomic E-state index is -3.68. The Kier molecular flexibility index (Phi) is 6.45. The summed E-state index contributed by atoms with van der Waals surface area (Å²) in [4.78, 5) is 17.0. The van der Waals surface area contributed by atoms with E-state index in [9.17, 15) is 17.6 Å². The van der Waals surface area contributed by atoms with Crippen LogP contribution in [0.25, 0.3) is 0 Å². The lowest BCUT2D eigenvalue weighted by molar-refractivity contribution is -0.133. The Labute approximate surface area is 182 Å². The number of amides is 1. The predicted octanol–water partition coefficient (Wildman–Crippen LogP) is 2.61. The second kappa shape index (κ2) is 9.10. The highest BCUT2D eigenvalue weighted by atomic mass is 32.2. The highest BCUT2D eigenvalue weighted by Crippen LogP contribution is 2.29. The number of sulfonamides is 1. The standard InChI is InChI=1S/C22H28FN3O4S/c1-17-3-8-20(30-17)15-26(19-6-7-19)22(27)16-24-11-2-12-25(14-13-24)31(28,29)21-9-4-18(23)5-10-21/h3-5,8-10,19H,2,6-7,11-16H2,1H3. The van der Waals surface area contributed by atoms with Crippen molar-refractivity contribution < 1.29 is 22.0 Å². The third-order valence-electron chi connectivity index (χ3n) is 5.79. The van der Waals surface area contributed by atoms with E-state index in [4.69, 9.17) is 4.42 Å². The van der Waals surface area contributed by atoms with Crippen LogP contribution in [0.3, 0.4) is 0 Å². The van der Waals surface area contributed by atoms with E-state index in [1.54, 1.807) is 0 Å². The minimum absolute atomic E-state index is 0.0476. The number of furan rings is 1. The quantitative estimate of drug-likeness (QED) is 0.650. The zero-order valence-electron chi connectivity index (χ0n) is 17.7. The van der Waals surface area contributed by atoms with Gasteiger partial charge in [-0.05, 0) is 69.1 Å². The van der Waals surface area contributed by atoms with Gasteiger partial charge >= 0.3 is 0 Å². The Morgan fingerprint density at radius 3 is 2.48 bits per heavy atom. The van der Waals surface area contributed by atoms with E-state index in [1.807, 2.05) is 28.9 Å². The van der Waals surface area contributed by atoms with Crippen LogP contribution in [0.1, 0.15) is 30.8 Å². The first-order valence-corrected chi connectivity index (χ1v) is 12.1. The lowest BCUT2D eigenvalue weighted by Gasteiger charge is -2.26. The van der Waals surface area contributed by atoms with Crippen molar-refractivity contribution >= 4 is 15.9 Å². The molecule has 0 atom stereocenters. The molecule has 2 aliphatic rings. The van der Waals surface area contributed by atoms with Crippen LogP contribution in [0.5, 0.6) is 0 Å². The predicted molar refractivity (Wildman–Crippen MR) is 113 cm³/mol. The largest absolute Gasteiger partial charge is 0.464 e. The summed E-state index contributed by atoms with van der Waals surface area (Å²) in [6.07, 6.45) is 2.65. The van der Waals surface area contributed by atoms with Crippen LogP contribution in [-0.2, 0) is 21.4 Å². The number of rotatable bonds is 7. The molecule has 1 saturated carbocycles. The van der Waals surface area contributed by atoms with Crippen molar-refractivity contribution in [1.29, 1.82) is 0 Å². The van der Waals surface area contributed by atoms with Crippen LogP contribution in [0.15, 0.2) is 45.7 Å². The maximum absolute atomic E-state index is 13.2. The lowest BCUT2D eigenvalue weighted by atomic mass is 10.3. The third-order valence-corrected chi connectivity index (χ3v) is 7.70. The SMILES string of the molecule is Cc1ccc(CN(C(=O)CN2CCCN(S(=O)(=O)c3ccc(F)cc3)CC2)C2CC2)o1. The van der Waals surface area contributed by atoms with Gasteiger partial charge in [0.05, 0.1) is 18.0 Å². The van der Waals surface area contributed by atoms with Crippen LogP contribution >= 0.6 is 0 Å². The van der Waals surface area contributed by atoms with Crippen molar-refractivity contribution in [2.24, 2.45) is 0 Å². The molecule has 2 heterocycles. The van der Waals surface area contributed by atoms with E-state index in [1.165, 1.54) is 16.4 Å². The van der Waals surface area contributed by atoms with Gasteiger partial charge in [0.1, 0.15) is 17.3 Å². The highest BCUT2D eigenvalue weighted by molar-refractivity contribution is 7.89. The van der Waals surface area contributed by atoms with Crippen molar-refractivity contribution in [3.63, 3.8) is 0 Å². The van der Waals surface area contributed by atoms with Crippen LogP contribution in [0, 0.1) is 12.7 Å². The molecule has 1 aliphatic carbocycles. The van der Waals surface area contributed by atoms with E-state index < -0.39 is 15.8 Å². The number of nitrogens with zero attached hydrogens (tertiary/aromatic N) is 3. The molecule has 0 radical (unpaired) electrons. The fourth-order valence-corrected chi connectivity index (χ4v) is 5.40. The zero-order chi connectivity index (χ0) is 22.0. The van der Waals surface area contributed by atoms with Gasteiger partial charge in [0.25, 0.3) is 0 Å². The Morgan fingerprint density at radius 1 is 1.10 bits per heavy atom. The smallest absolute Gasteiger partial charge is 0.243 e. The van der Waals surface area contributed by atoms with Gasteiger partial charge in [0.15, 0.2) is 0 Å². The summed E-state index contributed by atoms with van der Waals surface area (Å²) in [5, 5.41) is 0. The molecule has 1 saturated heterocycles. The van der Waals surface area contributed by atoms with Crippen molar-refractivity contribution in [1.82, 2.24) is 14.1 Å². The van der Waals surface area contributed by atoms with E-state index in [-0.39, 0.29) is 23.4 Å². The molecule has 2 fully saturated rings. The first-order valence-electron chi connectivity index (χ1n) is 10.7. The van der Waals surface area contributed by atoms with Crippen LogP contribution in [-0.4, -0.2) is 67.2 Å². The van der Waals surface area contributed by atoms with Gasteiger partial charge in [0.2, 0.25) is 15.9 Å². The number of hydrogen-bond donors (Lipinski definition) is 0. The summed E-state index contributed by atoms with van der Waals surface area (Å²) in [5.41, 5.74) is 0. The van der Waals surface area contributed by atoms with Gasteiger partial charge in [-0.1, -0.05) is 0 Å². The molecule has 1 aliphatic heterocycles. The number of hydrogen-bond acceptors (Lipinski definition) is 5. The summed E-state index contributed by atoms with van der Waals surface area (Å²) >= 11 is 0. The second-order valence-electron chi connectivity index (χ2n) is 8.25. The molecule has 0 spiro atoms. The molecule has 1 aromatic carbocycles. The Balaban J connectivity index is 1.37. The van der Waals surface area contributed by atoms with Crippen LogP contribution in [0.4, 0.5) is 4.39 Å². The highest BCUT2D eigenvalue weighted by Gasteiger charge is 2.34. The summed E-state index contributed by atoms with van der Waals surface area (Å²) < 4.78 is 46.0. The van der Waals surface area contributed by atoms with Crippen molar-refractivity contribution in [2.45, 2.75) is 43.7 Å². The Hall–Kier alpha value is -2.23. The Bertz CT molecular complexity index is 1020. The molecule has 31 heavy (non-hydrogen) atoms. The molecule has 0 bridgehead atoms. The molecule has 4 rings (SSSR count). The van der Waals surface area contributed by atoms with E-state index in [0.717, 1.165) is 36.5 Å². The molecule has 0 unspecified atom stereocenters. The summed E-state index contributed by atoms with van der Waals surface area (Å²) in [7, 11) is -3.68. The average molecular weight is 450 g/mol. The van der Waals surface area contributed by atoms with Gasteiger partial charge in [-0.2, -0.15) is 4.31 Å². The molecule has 2 aromatic rings. The van der Waals surface area contributed by atoms with Crippen molar-refractivity contribution in [3.05, 3.63) is 53.7 Å². The first-order chi connectivity index (χ1) is 14.8.